The van der Waals surface area contributed by atoms with Gasteiger partial charge in [-0.3, -0.25) is 10.1 Å². The molecule has 0 aromatic carbocycles. The molecule has 1 fully saturated rings. The predicted octanol–water partition coefficient (Wildman–Crippen LogP) is 4.23. The van der Waals surface area contributed by atoms with Crippen LogP contribution in [-0.4, -0.2) is 27.5 Å². The molecule has 110 valence electrons. The quantitative estimate of drug-likeness (QED) is 0.629. The fourth-order valence-corrected chi connectivity index (χ4v) is 3.94. The molecule has 1 aliphatic carbocycles. The Morgan fingerprint density at radius 2 is 2.20 bits per heavy atom. The van der Waals surface area contributed by atoms with Gasteiger partial charge in [-0.25, -0.2) is 4.98 Å². The van der Waals surface area contributed by atoms with E-state index >= 15 is 0 Å². The van der Waals surface area contributed by atoms with E-state index in [0.717, 1.165) is 6.54 Å². The van der Waals surface area contributed by atoms with Crippen LogP contribution >= 0.6 is 27.7 Å². The fourth-order valence-electron chi connectivity index (χ4n) is 2.55. The maximum atomic E-state index is 10.7. The minimum absolute atomic E-state index is 0.000304. The third-order valence-electron chi connectivity index (χ3n) is 3.81. The molecule has 2 rings (SSSR count). The summed E-state index contributed by atoms with van der Waals surface area (Å²) >= 11 is 5.26. The number of thioether (sulfide) groups is 1. The van der Waals surface area contributed by atoms with Crippen molar-refractivity contribution in [3.05, 3.63) is 26.9 Å². The van der Waals surface area contributed by atoms with Crippen LogP contribution in [0.4, 0.5) is 11.5 Å². The Labute approximate surface area is 131 Å². The first-order chi connectivity index (χ1) is 9.56. The minimum atomic E-state index is -0.438. The molecule has 1 aromatic heterocycles. The number of hydrogen-bond acceptors (Lipinski definition) is 5. The summed E-state index contributed by atoms with van der Waals surface area (Å²) in [7, 11) is 0. The van der Waals surface area contributed by atoms with Crippen molar-refractivity contribution in [1.29, 1.82) is 0 Å². The normalized spacial score (nSPS) is 17.7. The van der Waals surface area contributed by atoms with E-state index < -0.39 is 4.92 Å². The molecule has 0 aliphatic heterocycles. The molecular formula is C13H18BrN3O2S. The lowest BCUT2D eigenvalue weighted by atomic mass is 9.88. The molecule has 20 heavy (non-hydrogen) atoms. The van der Waals surface area contributed by atoms with Crippen molar-refractivity contribution in [3.63, 3.8) is 0 Å². The first-order valence-electron chi connectivity index (χ1n) is 6.65. The Balaban J connectivity index is 2.04. The standard InChI is InChI=1S/C13H18BrN3O2S/c1-20-13(5-3-2-4-6-13)9-16-12-11(14)7-10(8-15-12)17(18)19/h7-8H,2-6,9H2,1H3,(H,15,16). The lowest BCUT2D eigenvalue weighted by Gasteiger charge is -2.36. The summed E-state index contributed by atoms with van der Waals surface area (Å²) < 4.78 is 0.903. The molecule has 1 aromatic rings. The average Bonchev–Trinajstić information content (AvgIpc) is 2.47. The SMILES string of the molecule is CSC1(CNc2ncc([N+](=O)[O-])cc2Br)CCCCC1. The van der Waals surface area contributed by atoms with Crippen LogP contribution in [0, 0.1) is 10.1 Å². The van der Waals surface area contributed by atoms with Gasteiger partial charge in [-0.05, 0) is 35.0 Å². The topological polar surface area (TPSA) is 68.1 Å². The number of hydrogen-bond donors (Lipinski definition) is 1. The van der Waals surface area contributed by atoms with Gasteiger partial charge in [0.05, 0.1) is 9.40 Å². The zero-order valence-corrected chi connectivity index (χ0v) is 13.8. The van der Waals surface area contributed by atoms with Gasteiger partial charge in [0.25, 0.3) is 5.69 Å². The summed E-state index contributed by atoms with van der Waals surface area (Å²) in [5.74, 6) is 0.676. The van der Waals surface area contributed by atoms with Crippen molar-refractivity contribution in [2.45, 2.75) is 36.9 Å². The summed E-state index contributed by atoms with van der Waals surface area (Å²) in [4.78, 5) is 14.4. The highest BCUT2D eigenvalue weighted by molar-refractivity contribution is 9.10. The van der Waals surface area contributed by atoms with Gasteiger partial charge in [-0.1, -0.05) is 19.3 Å². The highest BCUT2D eigenvalue weighted by Gasteiger charge is 2.31. The molecule has 5 nitrogen and oxygen atoms in total. The second kappa shape index (κ2) is 6.76. The number of nitrogens with one attached hydrogen (secondary N) is 1. The van der Waals surface area contributed by atoms with Crippen molar-refractivity contribution in [2.75, 3.05) is 18.1 Å². The lowest BCUT2D eigenvalue weighted by molar-refractivity contribution is -0.385. The number of rotatable bonds is 5. The molecular weight excluding hydrogens is 342 g/mol. The Morgan fingerprint density at radius 3 is 2.75 bits per heavy atom. The highest BCUT2D eigenvalue weighted by Crippen LogP contribution is 2.39. The fraction of sp³-hybridized carbons (Fsp3) is 0.615. The zero-order chi connectivity index (χ0) is 14.6. The third kappa shape index (κ3) is 3.63. The van der Waals surface area contributed by atoms with Gasteiger partial charge in [-0.15, -0.1) is 0 Å². The Morgan fingerprint density at radius 1 is 1.50 bits per heavy atom. The summed E-state index contributed by atoms with van der Waals surface area (Å²) in [5, 5.41) is 14.0. The van der Waals surface area contributed by atoms with E-state index in [0.29, 0.717) is 10.3 Å². The number of anilines is 1. The monoisotopic (exact) mass is 359 g/mol. The first-order valence-corrected chi connectivity index (χ1v) is 8.67. The second-order valence-electron chi connectivity index (χ2n) is 5.08. The van der Waals surface area contributed by atoms with Crippen molar-refractivity contribution >= 4 is 39.2 Å². The van der Waals surface area contributed by atoms with E-state index in [4.69, 9.17) is 0 Å². The third-order valence-corrected chi connectivity index (χ3v) is 5.84. The summed E-state index contributed by atoms with van der Waals surface area (Å²) in [6.45, 7) is 0.845. The Hall–Kier alpha value is -0.820. The number of nitro groups is 1. The maximum Gasteiger partial charge on any atom is 0.288 e. The van der Waals surface area contributed by atoms with Gasteiger partial charge in [0.2, 0.25) is 0 Å². The van der Waals surface area contributed by atoms with Crippen molar-refractivity contribution in [1.82, 2.24) is 4.98 Å². The molecule has 0 unspecified atom stereocenters. The molecule has 1 aliphatic rings. The van der Waals surface area contributed by atoms with Crippen molar-refractivity contribution in [2.24, 2.45) is 0 Å². The molecule has 7 heteroatoms. The van der Waals surface area contributed by atoms with Crippen LogP contribution < -0.4 is 5.32 Å². The molecule has 0 amide bonds. The zero-order valence-electron chi connectivity index (χ0n) is 11.4. The van der Waals surface area contributed by atoms with Gasteiger partial charge < -0.3 is 5.32 Å². The summed E-state index contributed by atoms with van der Waals surface area (Å²) in [6.07, 6.45) is 9.75. The first kappa shape index (κ1) is 15.6. The Kier molecular flexibility index (Phi) is 5.26. The van der Waals surface area contributed by atoms with Crippen molar-refractivity contribution < 1.29 is 4.92 Å². The number of halogens is 1. The van der Waals surface area contributed by atoms with Gasteiger partial charge in [-0.2, -0.15) is 11.8 Å². The molecule has 0 spiro atoms. The number of nitrogens with zero attached hydrogens (tertiary/aromatic N) is 2. The van der Waals surface area contributed by atoms with Gasteiger partial charge >= 0.3 is 0 Å². The minimum Gasteiger partial charge on any atom is -0.368 e. The summed E-state index contributed by atoms with van der Waals surface area (Å²) in [6, 6.07) is 1.49. The molecule has 0 saturated heterocycles. The lowest BCUT2D eigenvalue weighted by Crippen LogP contribution is -2.35. The van der Waals surface area contributed by atoms with E-state index in [1.54, 1.807) is 0 Å². The van der Waals surface area contributed by atoms with Crippen LogP contribution in [0.1, 0.15) is 32.1 Å². The van der Waals surface area contributed by atoms with E-state index in [1.165, 1.54) is 44.4 Å². The molecule has 1 N–H and O–H groups in total. The average molecular weight is 360 g/mol. The Bertz CT molecular complexity index is 493. The number of aromatic nitrogens is 1. The van der Waals surface area contributed by atoms with Gasteiger partial charge in [0, 0.05) is 17.4 Å². The van der Waals surface area contributed by atoms with Crippen LogP contribution in [0.3, 0.4) is 0 Å². The second-order valence-corrected chi connectivity index (χ2v) is 7.21. The van der Waals surface area contributed by atoms with Gasteiger partial charge in [0.1, 0.15) is 12.0 Å². The molecule has 0 atom stereocenters. The van der Waals surface area contributed by atoms with Crippen LogP contribution in [0.25, 0.3) is 0 Å². The molecule has 0 radical (unpaired) electrons. The van der Waals surface area contributed by atoms with Crippen LogP contribution in [0.2, 0.25) is 0 Å². The predicted molar refractivity (Wildman–Crippen MR) is 86.4 cm³/mol. The largest absolute Gasteiger partial charge is 0.368 e. The maximum absolute atomic E-state index is 10.7. The number of pyridine rings is 1. The van der Waals surface area contributed by atoms with E-state index in [-0.39, 0.29) is 10.4 Å². The van der Waals surface area contributed by atoms with E-state index in [2.05, 4.69) is 32.5 Å². The van der Waals surface area contributed by atoms with Crippen LogP contribution in [-0.2, 0) is 0 Å². The van der Waals surface area contributed by atoms with E-state index in [9.17, 15) is 10.1 Å². The molecule has 1 saturated carbocycles. The van der Waals surface area contributed by atoms with E-state index in [1.807, 2.05) is 11.8 Å². The van der Waals surface area contributed by atoms with Crippen LogP contribution in [0.5, 0.6) is 0 Å². The molecule has 1 heterocycles. The highest BCUT2D eigenvalue weighted by atomic mass is 79.9. The summed E-state index contributed by atoms with van der Waals surface area (Å²) in [5.41, 5.74) is -0.000304. The molecule has 0 bridgehead atoms. The van der Waals surface area contributed by atoms with Crippen molar-refractivity contribution in [3.8, 4) is 0 Å². The van der Waals surface area contributed by atoms with Gasteiger partial charge in [0.15, 0.2) is 0 Å². The smallest absolute Gasteiger partial charge is 0.288 e. The van der Waals surface area contributed by atoms with Crippen LogP contribution in [0.15, 0.2) is 16.7 Å².